The topological polar surface area (TPSA) is 89.3 Å². The molecule has 2 aromatic rings. The number of nitrogens with two attached hydrogens (primary N) is 1. The van der Waals surface area contributed by atoms with Crippen molar-refractivity contribution in [3.63, 3.8) is 0 Å². The van der Waals surface area contributed by atoms with Crippen LogP contribution in [0.25, 0.3) is 5.78 Å². The molecule has 1 atom stereocenters. The third-order valence-corrected chi connectivity index (χ3v) is 1.94. The molecular weight excluding hydrogens is 182 g/mol. The zero-order valence-corrected chi connectivity index (χ0v) is 7.75. The number of hydrogen-bond donors (Lipinski definition) is 2. The highest BCUT2D eigenvalue weighted by atomic mass is 16.3. The number of hydrogen-bond acceptors (Lipinski definition) is 5. The Balaban J connectivity index is 2.50. The predicted molar refractivity (Wildman–Crippen MR) is 49.5 cm³/mol. The van der Waals surface area contributed by atoms with Gasteiger partial charge in [-0.2, -0.15) is 10.1 Å². The van der Waals surface area contributed by atoms with Gasteiger partial charge in [-0.3, -0.25) is 0 Å². The number of aromatic nitrogens is 4. The van der Waals surface area contributed by atoms with Gasteiger partial charge in [0.15, 0.2) is 0 Å². The number of aryl methyl sites for hydroxylation is 1. The van der Waals surface area contributed by atoms with E-state index in [-0.39, 0.29) is 6.61 Å². The van der Waals surface area contributed by atoms with Crippen molar-refractivity contribution in [1.29, 1.82) is 0 Å². The Kier molecular flexibility index (Phi) is 2.14. The van der Waals surface area contributed by atoms with Crippen molar-refractivity contribution in [2.45, 2.75) is 13.0 Å². The Labute approximate surface area is 80.4 Å². The normalized spacial score (nSPS) is 13.4. The summed E-state index contributed by atoms with van der Waals surface area (Å²) in [6, 6.07) is -0.420. The second-order valence-electron chi connectivity index (χ2n) is 3.08. The van der Waals surface area contributed by atoms with Crippen molar-refractivity contribution in [2.75, 3.05) is 6.61 Å². The summed E-state index contributed by atoms with van der Waals surface area (Å²) in [5.74, 6) is 1.20. The number of aliphatic hydroxyl groups excluding tert-OH is 1. The molecule has 2 aromatic heterocycles. The summed E-state index contributed by atoms with van der Waals surface area (Å²) < 4.78 is 1.56. The van der Waals surface area contributed by atoms with Crippen LogP contribution < -0.4 is 5.73 Å². The fraction of sp³-hybridized carbons (Fsp3) is 0.375. The Bertz CT molecular complexity index is 452. The monoisotopic (exact) mass is 193 g/mol. The highest BCUT2D eigenvalue weighted by Gasteiger charge is 2.07. The third-order valence-electron chi connectivity index (χ3n) is 1.94. The van der Waals surface area contributed by atoms with Gasteiger partial charge in [-0.1, -0.05) is 0 Å². The van der Waals surface area contributed by atoms with Crippen LogP contribution in [0.2, 0.25) is 0 Å². The Hall–Kier alpha value is -1.53. The molecule has 6 heteroatoms. The average molecular weight is 193 g/mol. The van der Waals surface area contributed by atoms with Gasteiger partial charge >= 0.3 is 0 Å². The summed E-state index contributed by atoms with van der Waals surface area (Å²) in [6.45, 7) is 1.68. The summed E-state index contributed by atoms with van der Waals surface area (Å²) in [7, 11) is 0. The van der Waals surface area contributed by atoms with Crippen LogP contribution in [0.4, 0.5) is 0 Å². The fourth-order valence-electron chi connectivity index (χ4n) is 1.20. The SMILES string of the molecule is Cc1nc2ncc(C(N)CO)cn2n1. The van der Waals surface area contributed by atoms with Gasteiger partial charge in [-0.25, -0.2) is 9.50 Å². The molecule has 14 heavy (non-hydrogen) atoms. The number of fused-ring (bicyclic) bond motifs is 1. The van der Waals surface area contributed by atoms with Crippen LogP contribution in [0.15, 0.2) is 12.4 Å². The highest BCUT2D eigenvalue weighted by Crippen LogP contribution is 2.08. The lowest BCUT2D eigenvalue weighted by atomic mass is 10.2. The molecule has 0 saturated carbocycles. The lowest BCUT2D eigenvalue weighted by molar-refractivity contribution is 0.267. The molecule has 0 amide bonds. The van der Waals surface area contributed by atoms with E-state index in [0.717, 1.165) is 5.56 Å². The molecule has 0 saturated heterocycles. The first kappa shape index (κ1) is 9.04. The third kappa shape index (κ3) is 1.45. The molecule has 74 valence electrons. The molecule has 0 aliphatic heterocycles. The van der Waals surface area contributed by atoms with Gasteiger partial charge in [0.2, 0.25) is 0 Å². The molecule has 2 heterocycles. The Morgan fingerprint density at radius 1 is 1.64 bits per heavy atom. The Morgan fingerprint density at radius 2 is 2.43 bits per heavy atom. The van der Waals surface area contributed by atoms with E-state index in [2.05, 4.69) is 15.1 Å². The molecule has 1 unspecified atom stereocenters. The van der Waals surface area contributed by atoms with Crippen molar-refractivity contribution in [3.8, 4) is 0 Å². The van der Waals surface area contributed by atoms with E-state index in [1.807, 2.05) is 0 Å². The van der Waals surface area contributed by atoms with Gasteiger partial charge in [0.25, 0.3) is 5.78 Å². The lowest BCUT2D eigenvalue weighted by Gasteiger charge is -2.06. The van der Waals surface area contributed by atoms with E-state index >= 15 is 0 Å². The van der Waals surface area contributed by atoms with Crippen molar-refractivity contribution in [1.82, 2.24) is 19.6 Å². The molecule has 0 bridgehead atoms. The minimum absolute atomic E-state index is 0.110. The summed E-state index contributed by atoms with van der Waals surface area (Å²) in [4.78, 5) is 8.15. The van der Waals surface area contributed by atoms with Crippen molar-refractivity contribution < 1.29 is 5.11 Å². The molecule has 0 aromatic carbocycles. The van der Waals surface area contributed by atoms with Gasteiger partial charge in [0.1, 0.15) is 5.82 Å². The number of nitrogens with zero attached hydrogens (tertiary/aromatic N) is 4. The van der Waals surface area contributed by atoms with E-state index in [0.29, 0.717) is 11.6 Å². The summed E-state index contributed by atoms with van der Waals surface area (Å²) in [5.41, 5.74) is 6.38. The predicted octanol–water partition coefficient (Wildman–Crippen LogP) is -0.575. The van der Waals surface area contributed by atoms with Crippen molar-refractivity contribution in [3.05, 3.63) is 23.8 Å². The molecule has 2 rings (SSSR count). The first-order valence-corrected chi connectivity index (χ1v) is 4.26. The minimum atomic E-state index is -0.420. The first-order valence-electron chi connectivity index (χ1n) is 4.26. The summed E-state index contributed by atoms with van der Waals surface area (Å²) in [6.07, 6.45) is 3.33. The van der Waals surface area contributed by atoms with Gasteiger partial charge in [0.05, 0.1) is 12.6 Å². The first-order chi connectivity index (χ1) is 6.70. The second kappa shape index (κ2) is 3.32. The van der Waals surface area contributed by atoms with E-state index < -0.39 is 6.04 Å². The molecule has 0 radical (unpaired) electrons. The zero-order chi connectivity index (χ0) is 10.1. The smallest absolute Gasteiger partial charge is 0.252 e. The van der Waals surface area contributed by atoms with Gasteiger partial charge in [-0.15, -0.1) is 0 Å². The van der Waals surface area contributed by atoms with Crippen molar-refractivity contribution >= 4 is 5.78 Å². The van der Waals surface area contributed by atoms with Crippen LogP contribution in [-0.2, 0) is 0 Å². The maximum Gasteiger partial charge on any atom is 0.252 e. The van der Waals surface area contributed by atoms with Gasteiger partial charge in [-0.05, 0) is 6.92 Å². The quantitative estimate of drug-likeness (QED) is 0.666. The van der Waals surface area contributed by atoms with Crippen molar-refractivity contribution in [2.24, 2.45) is 5.73 Å². The van der Waals surface area contributed by atoms with Gasteiger partial charge < -0.3 is 10.8 Å². The molecule has 0 fully saturated rings. The highest BCUT2D eigenvalue weighted by molar-refractivity contribution is 5.28. The largest absolute Gasteiger partial charge is 0.394 e. The lowest BCUT2D eigenvalue weighted by Crippen LogP contribution is -2.15. The van der Waals surface area contributed by atoms with Crippen LogP contribution >= 0.6 is 0 Å². The minimum Gasteiger partial charge on any atom is -0.394 e. The standard InChI is InChI=1S/C8H11N5O/c1-5-11-8-10-2-6(7(9)4-14)3-13(8)12-5/h2-3,7,14H,4,9H2,1H3. The molecule has 0 aliphatic rings. The van der Waals surface area contributed by atoms with Crippen LogP contribution in [-0.4, -0.2) is 31.3 Å². The van der Waals surface area contributed by atoms with Crippen LogP contribution in [0, 0.1) is 6.92 Å². The second-order valence-corrected chi connectivity index (χ2v) is 3.08. The van der Waals surface area contributed by atoms with E-state index in [4.69, 9.17) is 10.8 Å². The maximum absolute atomic E-state index is 8.87. The maximum atomic E-state index is 8.87. The molecule has 0 spiro atoms. The number of aliphatic hydroxyl groups is 1. The van der Waals surface area contributed by atoms with Gasteiger partial charge in [0, 0.05) is 18.0 Å². The summed E-state index contributed by atoms with van der Waals surface area (Å²) >= 11 is 0. The number of rotatable bonds is 2. The van der Waals surface area contributed by atoms with Crippen LogP contribution in [0.1, 0.15) is 17.4 Å². The molecular formula is C8H11N5O. The molecule has 6 nitrogen and oxygen atoms in total. The van der Waals surface area contributed by atoms with E-state index in [1.54, 1.807) is 23.8 Å². The van der Waals surface area contributed by atoms with Crippen LogP contribution in [0.5, 0.6) is 0 Å². The van der Waals surface area contributed by atoms with Crippen LogP contribution in [0.3, 0.4) is 0 Å². The fourth-order valence-corrected chi connectivity index (χ4v) is 1.20. The van der Waals surface area contributed by atoms with E-state index in [1.165, 1.54) is 0 Å². The Morgan fingerprint density at radius 3 is 3.14 bits per heavy atom. The zero-order valence-electron chi connectivity index (χ0n) is 7.75. The van der Waals surface area contributed by atoms with E-state index in [9.17, 15) is 0 Å². The molecule has 0 aliphatic carbocycles. The molecule has 3 N–H and O–H groups in total. The summed E-state index contributed by atoms with van der Waals surface area (Å²) in [5, 5.41) is 13.0. The average Bonchev–Trinajstić information content (AvgIpc) is 2.55.